The lowest BCUT2D eigenvalue weighted by molar-refractivity contribution is -0.127. The molecule has 1 unspecified atom stereocenters. The molecule has 0 N–H and O–H groups in total. The second-order valence-electron chi connectivity index (χ2n) is 8.13. The van der Waals surface area contributed by atoms with Crippen LogP contribution in [0.2, 0.25) is 0 Å². The standard InChI is InChI=1S/C19H22F3NO5S/c1-23-8-7-18-10-12(24)4-5-13(18)14(23)9-11-3-6-15(27-2)17(16(11)18)28-29(25,26)19(20,21)22/h3,6,13-14H,4-5,7-10H2,1-2H3/t13-,14?,18-/m0/s1. The van der Waals surface area contributed by atoms with Crippen LogP contribution in [0, 0.1) is 5.92 Å². The number of alkyl halides is 3. The number of piperidine rings is 1. The minimum atomic E-state index is -5.88. The normalized spacial score (nSPS) is 29.8. The van der Waals surface area contributed by atoms with Crippen molar-refractivity contribution in [3.05, 3.63) is 23.3 Å². The molecule has 0 spiro atoms. The number of halogens is 3. The van der Waals surface area contributed by atoms with Crippen LogP contribution in [0.5, 0.6) is 11.5 Å². The van der Waals surface area contributed by atoms with Gasteiger partial charge in [-0.1, -0.05) is 6.07 Å². The highest BCUT2D eigenvalue weighted by atomic mass is 32.2. The predicted molar refractivity (Wildman–Crippen MR) is 97.4 cm³/mol. The molecule has 6 nitrogen and oxygen atoms in total. The van der Waals surface area contributed by atoms with E-state index < -0.39 is 26.8 Å². The van der Waals surface area contributed by atoms with E-state index >= 15 is 0 Å². The molecule has 0 radical (unpaired) electrons. The SMILES string of the molecule is COc1ccc2c(c1OS(=O)(=O)C(F)(F)F)[C@]13CCN(C)C(C2)[C@@H]1CCC(=O)C3. The third-order valence-electron chi connectivity index (χ3n) is 6.73. The maximum absolute atomic E-state index is 13.1. The molecule has 10 heteroatoms. The number of ether oxygens (including phenoxy) is 1. The molecule has 2 fully saturated rings. The lowest BCUT2D eigenvalue weighted by Gasteiger charge is -2.58. The van der Waals surface area contributed by atoms with Gasteiger partial charge in [-0.3, -0.25) is 4.79 Å². The maximum Gasteiger partial charge on any atom is 0.534 e. The first-order valence-electron chi connectivity index (χ1n) is 9.43. The van der Waals surface area contributed by atoms with E-state index in [1.165, 1.54) is 13.2 Å². The molecule has 2 bridgehead atoms. The largest absolute Gasteiger partial charge is 0.534 e. The second-order valence-corrected chi connectivity index (χ2v) is 9.67. The molecule has 3 atom stereocenters. The summed E-state index contributed by atoms with van der Waals surface area (Å²) < 4.78 is 72.8. The van der Waals surface area contributed by atoms with Gasteiger partial charge < -0.3 is 13.8 Å². The van der Waals surface area contributed by atoms with Gasteiger partial charge in [0.1, 0.15) is 5.78 Å². The number of carbonyl (C=O) groups is 1. The summed E-state index contributed by atoms with van der Waals surface area (Å²) in [6.45, 7) is 0.663. The number of Topliss-reactive ketones (excluding diaryl/α,β-unsaturated/α-hetero) is 1. The smallest absolute Gasteiger partial charge is 0.493 e. The Bertz CT molecular complexity index is 961. The van der Waals surface area contributed by atoms with Crippen LogP contribution in [0.25, 0.3) is 0 Å². The molecule has 1 aliphatic heterocycles. The molecular weight excluding hydrogens is 411 g/mol. The first kappa shape index (κ1) is 20.5. The van der Waals surface area contributed by atoms with Crippen molar-refractivity contribution in [2.75, 3.05) is 20.7 Å². The minimum Gasteiger partial charge on any atom is -0.493 e. The highest BCUT2D eigenvalue weighted by molar-refractivity contribution is 7.88. The van der Waals surface area contributed by atoms with E-state index in [4.69, 9.17) is 4.74 Å². The van der Waals surface area contributed by atoms with Crippen molar-refractivity contribution in [3.8, 4) is 11.5 Å². The van der Waals surface area contributed by atoms with E-state index in [1.54, 1.807) is 6.07 Å². The number of fused-ring (bicyclic) bond motifs is 1. The highest BCUT2D eigenvalue weighted by Crippen LogP contribution is 2.59. The average Bonchev–Trinajstić information content (AvgIpc) is 2.63. The van der Waals surface area contributed by atoms with Crippen LogP contribution in [0.4, 0.5) is 13.2 Å². The number of benzene rings is 1. The van der Waals surface area contributed by atoms with Crippen molar-refractivity contribution in [1.82, 2.24) is 4.90 Å². The van der Waals surface area contributed by atoms with Crippen molar-refractivity contribution in [1.29, 1.82) is 0 Å². The number of hydrogen-bond donors (Lipinski definition) is 0. The Morgan fingerprint density at radius 2 is 2.00 bits per heavy atom. The zero-order valence-corrected chi connectivity index (χ0v) is 16.9. The van der Waals surface area contributed by atoms with Crippen molar-refractivity contribution < 1.29 is 35.3 Å². The van der Waals surface area contributed by atoms with Crippen LogP contribution < -0.4 is 8.92 Å². The number of methoxy groups -OCH3 is 1. The topological polar surface area (TPSA) is 72.9 Å². The molecule has 2 aliphatic carbocycles. The Balaban J connectivity index is 1.95. The van der Waals surface area contributed by atoms with Crippen LogP contribution in [0.15, 0.2) is 12.1 Å². The Morgan fingerprint density at radius 3 is 2.66 bits per heavy atom. The first-order valence-corrected chi connectivity index (χ1v) is 10.8. The maximum atomic E-state index is 13.1. The summed E-state index contributed by atoms with van der Waals surface area (Å²) in [6, 6.07) is 3.31. The van der Waals surface area contributed by atoms with Gasteiger partial charge in [0.15, 0.2) is 11.5 Å². The average molecular weight is 433 g/mol. The fraction of sp³-hybridized carbons (Fsp3) is 0.632. The summed E-state index contributed by atoms with van der Waals surface area (Å²) in [7, 11) is -2.63. The van der Waals surface area contributed by atoms with Crippen LogP contribution in [-0.4, -0.2) is 51.4 Å². The van der Waals surface area contributed by atoms with Gasteiger partial charge in [0, 0.05) is 29.9 Å². The number of likely N-dealkylation sites (tertiary alicyclic amines) is 1. The van der Waals surface area contributed by atoms with Gasteiger partial charge in [0.2, 0.25) is 0 Å². The lowest BCUT2D eigenvalue weighted by atomic mass is 9.52. The van der Waals surface area contributed by atoms with Gasteiger partial charge in [0.25, 0.3) is 0 Å². The van der Waals surface area contributed by atoms with Gasteiger partial charge in [0.05, 0.1) is 7.11 Å². The summed E-state index contributed by atoms with van der Waals surface area (Å²) in [4.78, 5) is 14.7. The van der Waals surface area contributed by atoms with E-state index in [9.17, 15) is 26.4 Å². The zero-order chi connectivity index (χ0) is 21.2. The Labute approximate surface area is 167 Å². The van der Waals surface area contributed by atoms with Gasteiger partial charge in [-0.2, -0.15) is 21.6 Å². The molecule has 0 amide bonds. The van der Waals surface area contributed by atoms with E-state index in [2.05, 4.69) is 9.08 Å². The van der Waals surface area contributed by atoms with Gasteiger partial charge >= 0.3 is 15.6 Å². The summed E-state index contributed by atoms with van der Waals surface area (Å²) >= 11 is 0. The second kappa shape index (κ2) is 6.60. The molecule has 160 valence electrons. The van der Waals surface area contributed by atoms with Crippen LogP contribution in [0.1, 0.15) is 36.8 Å². The predicted octanol–water partition coefficient (Wildman–Crippen LogP) is 2.79. The van der Waals surface area contributed by atoms with Crippen molar-refractivity contribution >= 4 is 15.9 Å². The molecule has 4 rings (SSSR count). The molecule has 1 saturated heterocycles. The minimum absolute atomic E-state index is 0.0323. The summed E-state index contributed by atoms with van der Waals surface area (Å²) in [5.74, 6) is -0.440. The number of carbonyl (C=O) groups excluding carboxylic acids is 1. The van der Waals surface area contributed by atoms with E-state index in [0.29, 0.717) is 43.4 Å². The number of hydrogen-bond acceptors (Lipinski definition) is 6. The van der Waals surface area contributed by atoms with Crippen LogP contribution >= 0.6 is 0 Å². The van der Waals surface area contributed by atoms with Crippen molar-refractivity contribution in [2.24, 2.45) is 5.92 Å². The van der Waals surface area contributed by atoms with E-state index in [-0.39, 0.29) is 29.9 Å². The fourth-order valence-electron chi connectivity index (χ4n) is 5.49. The molecular formula is C19H22F3NO5S. The fourth-order valence-corrected chi connectivity index (χ4v) is 5.97. The number of likely N-dealkylation sites (N-methyl/N-ethyl adjacent to an activating group) is 1. The molecule has 3 aliphatic rings. The lowest BCUT2D eigenvalue weighted by Crippen LogP contribution is -2.61. The van der Waals surface area contributed by atoms with Crippen LogP contribution in [0.3, 0.4) is 0 Å². The van der Waals surface area contributed by atoms with Gasteiger partial charge in [-0.15, -0.1) is 0 Å². The van der Waals surface area contributed by atoms with E-state index in [1.807, 2.05) is 7.05 Å². The molecule has 1 saturated carbocycles. The molecule has 0 aromatic heterocycles. The Morgan fingerprint density at radius 1 is 1.28 bits per heavy atom. The summed E-state index contributed by atoms with van der Waals surface area (Å²) in [5.41, 5.74) is -5.21. The monoisotopic (exact) mass is 433 g/mol. The van der Waals surface area contributed by atoms with Crippen molar-refractivity contribution in [3.63, 3.8) is 0 Å². The Hall–Kier alpha value is -1.81. The zero-order valence-electron chi connectivity index (χ0n) is 16.1. The summed E-state index contributed by atoms with van der Waals surface area (Å²) in [6.07, 6.45) is 2.31. The number of ketones is 1. The van der Waals surface area contributed by atoms with Crippen molar-refractivity contribution in [2.45, 2.75) is 49.1 Å². The number of nitrogens with zero attached hydrogens (tertiary/aromatic N) is 1. The molecule has 1 heterocycles. The molecule has 1 aromatic carbocycles. The Kier molecular flexibility index (Phi) is 4.65. The van der Waals surface area contributed by atoms with Gasteiger partial charge in [-0.05, 0) is 50.4 Å². The van der Waals surface area contributed by atoms with Crippen LogP contribution in [-0.2, 0) is 26.7 Å². The quantitative estimate of drug-likeness (QED) is 0.539. The number of rotatable bonds is 3. The molecule has 1 aromatic rings. The summed E-state index contributed by atoms with van der Waals surface area (Å²) in [5, 5.41) is 0. The highest BCUT2D eigenvalue weighted by Gasteiger charge is 2.57. The molecule has 29 heavy (non-hydrogen) atoms. The third-order valence-corrected chi connectivity index (χ3v) is 7.68. The van der Waals surface area contributed by atoms with Gasteiger partial charge in [-0.25, -0.2) is 0 Å². The first-order chi connectivity index (χ1) is 13.5. The van der Waals surface area contributed by atoms with E-state index in [0.717, 1.165) is 0 Å². The third kappa shape index (κ3) is 3.02.